The fourth-order valence-electron chi connectivity index (χ4n) is 3.58. The van der Waals surface area contributed by atoms with Crippen LogP contribution in [0.2, 0.25) is 0 Å². The summed E-state index contributed by atoms with van der Waals surface area (Å²) in [4.78, 5) is 3.24. The van der Waals surface area contributed by atoms with Crippen molar-refractivity contribution >= 4 is 10.0 Å². The fraction of sp³-hybridized carbons (Fsp3) is 0.476. The third-order valence-corrected chi connectivity index (χ3v) is 7.60. The van der Waals surface area contributed by atoms with Crippen LogP contribution < -0.4 is 4.72 Å². The molecule has 0 saturated heterocycles. The maximum absolute atomic E-state index is 12.4. The van der Waals surface area contributed by atoms with Crippen LogP contribution in [0.1, 0.15) is 63.6 Å². The molecule has 0 aliphatic heterocycles. The number of nitriles is 1. The van der Waals surface area contributed by atoms with E-state index < -0.39 is 14.8 Å². The molecule has 27 heavy (non-hydrogen) atoms. The molecule has 1 heterocycles. The summed E-state index contributed by atoms with van der Waals surface area (Å²) >= 11 is 0. The first-order valence-electron chi connectivity index (χ1n) is 9.41. The number of rotatable bonds is 4. The van der Waals surface area contributed by atoms with E-state index in [4.69, 9.17) is 0 Å². The first-order valence-corrected chi connectivity index (χ1v) is 10.9. The quantitative estimate of drug-likeness (QED) is 0.823. The summed E-state index contributed by atoms with van der Waals surface area (Å²) in [5.74, 6) is 0.281. The van der Waals surface area contributed by atoms with Gasteiger partial charge < -0.3 is 4.98 Å². The van der Waals surface area contributed by atoms with Gasteiger partial charge in [-0.05, 0) is 69.6 Å². The van der Waals surface area contributed by atoms with Gasteiger partial charge in [0, 0.05) is 11.7 Å². The molecular formula is C21H27N3O2S. The van der Waals surface area contributed by atoms with Gasteiger partial charge in [-0.15, -0.1) is 0 Å². The summed E-state index contributed by atoms with van der Waals surface area (Å²) in [5.41, 5.74) is 3.69. The molecule has 0 unspecified atom stereocenters. The van der Waals surface area contributed by atoms with Crippen LogP contribution in [0.4, 0.5) is 0 Å². The van der Waals surface area contributed by atoms with Crippen molar-refractivity contribution in [1.29, 1.82) is 5.26 Å². The molecule has 6 heteroatoms. The minimum absolute atomic E-state index is 0.0245. The van der Waals surface area contributed by atoms with Crippen LogP contribution in [0.25, 0.3) is 11.3 Å². The van der Waals surface area contributed by atoms with E-state index in [1.165, 1.54) is 0 Å². The Bertz CT molecular complexity index is 926. The van der Waals surface area contributed by atoms with Crippen molar-refractivity contribution in [3.8, 4) is 17.3 Å². The average Bonchev–Trinajstić information content (AvgIpc) is 3.06. The van der Waals surface area contributed by atoms with E-state index in [1.807, 2.05) is 30.3 Å². The highest BCUT2D eigenvalue weighted by Crippen LogP contribution is 2.37. The summed E-state index contributed by atoms with van der Waals surface area (Å²) < 4.78 is 26.8. The second kappa shape index (κ2) is 7.49. The van der Waals surface area contributed by atoms with Crippen LogP contribution in [0.3, 0.4) is 0 Å². The molecule has 0 spiro atoms. The zero-order valence-electron chi connectivity index (χ0n) is 16.1. The third-order valence-electron chi connectivity index (χ3n) is 5.34. The lowest BCUT2D eigenvalue weighted by Gasteiger charge is -2.31. The average molecular weight is 386 g/mol. The number of sulfonamides is 1. The maximum atomic E-state index is 12.4. The van der Waals surface area contributed by atoms with Gasteiger partial charge in [0.25, 0.3) is 0 Å². The van der Waals surface area contributed by atoms with E-state index in [9.17, 15) is 13.7 Å². The minimum Gasteiger partial charge on any atom is -0.346 e. The molecule has 144 valence electrons. The Hall–Kier alpha value is -2.10. The maximum Gasteiger partial charge on any atom is 0.216 e. The fourth-order valence-corrected chi connectivity index (χ4v) is 4.60. The van der Waals surface area contributed by atoms with Gasteiger partial charge in [0.15, 0.2) is 0 Å². The first-order chi connectivity index (χ1) is 12.7. The van der Waals surface area contributed by atoms with Crippen molar-refractivity contribution in [3.05, 3.63) is 47.7 Å². The summed E-state index contributed by atoms with van der Waals surface area (Å²) in [6.45, 7) is 5.14. The van der Waals surface area contributed by atoms with Gasteiger partial charge in [-0.25, -0.2) is 13.1 Å². The van der Waals surface area contributed by atoms with Crippen LogP contribution in [0.15, 0.2) is 36.4 Å². The van der Waals surface area contributed by atoms with Gasteiger partial charge in [-0.1, -0.05) is 30.3 Å². The molecule has 5 nitrogen and oxygen atoms in total. The lowest BCUT2D eigenvalue weighted by Crippen LogP contribution is -2.45. The highest BCUT2D eigenvalue weighted by Gasteiger charge is 2.33. The van der Waals surface area contributed by atoms with E-state index in [0.29, 0.717) is 5.69 Å². The zero-order chi connectivity index (χ0) is 19.7. The van der Waals surface area contributed by atoms with Gasteiger partial charge in [0.1, 0.15) is 11.8 Å². The Morgan fingerprint density at radius 1 is 1.11 bits per heavy atom. The van der Waals surface area contributed by atoms with Gasteiger partial charge >= 0.3 is 0 Å². The summed E-state index contributed by atoms with van der Waals surface area (Å²) in [7, 11) is -3.33. The number of aromatic amines is 1. The molecular weight excluding hydrogens is 358 g/mol. The molecule has 3 rings (SSSR count). The minimum atomic E-state index is -3.33. The van der Waals surface area contributed by atoms with Crippen molar-refractivity contribution in [3.63, 3.8) is 0 Å². The summed E-state index contributed by atoms with van der Waals surface area (Å²) in [6.07, 6.45) is 3.32. The molecule has 0 amide bonds. The first kappa shape index (κ1) is 19.7. The number of H-pyrrole nitrogens is 1. The van der Waals surface area contributed by atoms with Crippen LogP contribution in [-0.2, 0) is 10.0 Å². The molecule has 0 bridgehead atoms. The number of hydrogen-bond acceptors (Lipinski definition) is 3. The Kier molecular flexibility index (Phi) is 5.45. The largest absolute Gasteiger partial charge is 0.346 e. The predicted molar refractivity (Wildman–Crippen MR) is 108 cm³/mol. The van der Waals surface area contributed by atoms with Crippen molar-refractivity contribution in [1.82, 2.24) is 9.71 Å². The topological polar surface area (TPSA) is 85.8 Å². The Balaban J connectivity index is 1.72. The lowest BCUT2D eigenvalue weighted by molar-refractivity contribution is 0.371. The van der Waals surface area contributed by atoms with Crippen molar-refractivity contribution in [2.75, 3.05) is 0 Å². The Morgan fingerprint density at radius 3 is 2.30 bits per heavy atom. The molecule has 1 fully saturated rings. The van der Waals surface area contributed by atoms with Gasteiger partial charge in [-0.3, -0.25) is 0 Å². The predicted octanol–water partition coefficient (Wildman–Crippen LogP) is 4.30. The Morgan fingerprint density at radius 2 is 1.74 bits per heavy atom. The number of nitrogens with zero attached hydrogens (tertiary/aromatic N) is 1. The second-order valence-corrected chi connectivity index (χ2v) is 10.7. The molecule has 2 N–H and O–H groups in total. The number of benzene rings is 1. The monoisotopic (exact) mass is 385 g/mol. The molecule has 1 aliphatic rings. The number of aromatic nitrogens is 1. The van der Waals surface area contributed by atoms with E-state index >= 15 is 0 Å². The smallest absolute Gasteiger partial charge is 0.216 e. The standard InChI is InChI=1S/C21H27N3O2S/c1-21(2,3)27(25,26)24-17-11-9-15(10-12-17)18-13-19(23-20(18)14-22)16-7-5-4-6-8-16/h4-8,13,15,17,23-24H,9-12H2,1-3H3. The van der Waals surface area contributed by atoms with E-state index in [0.717, 1.165) is 42.5 Å². The highest BCUT2D eigenvalue weighted by atomic mass is 32.2. The molecule has 1 saturated carbocycles. The summed E-state index contributed by atoms with van der Waals surface area (Å²) in [6, 6.07) is 14.3. The van der Waals surface area contributed by atoms with Crippen molar-refractivity contribution < 1.29 is 8.42 Å². The van der Waals surface area contributed by atoms with Crippen LogP contribution >= 0.6 is 0 Å². The highest BCUT2D eigenvalue weighted by molar-refractivity contribution is 7.90. The van der Waals surface area contributed by atoms with Gasteiger partial charge in [0.05, 0.1) is 4.75 Å². The molecule has 0 atom stereocenters. The number of hydrogen-bond donors (Lipinski definition) is 2. The van der Waals surface area contributed by atoms with Crippen LogP contribution in [-0.4, -0.2) is 24.2 Å². The van der Waals surface area contributed by atoms with Crippen molar-refractivity contribution in [2.24, 2.45) is 0 Å². The van der Waals surface area contributed by atoms with Gasteiger partial charge in [0.2, 0.25) is 10.0 Å². The molecule has 0 radical (unpaired) electrons. The Labute approximate surface area is 161 Å². The van der Waals surface area contributed by atoms with Crippen molar-refractivity contribution in [2.45, 2.75) is 63.2 Å². The summed E-state index contributed by atoms with van der Waals surface area (Å²) in [5, 5.41) is 9.53. The van der Waals surface area contributed by atoms with Crippen LogP contribution in [0.5, 0.6) is 0 Å². The van der Waals surface area contributed by atoms with E-state index in [1.54, 1.807) is 20.8 Å². The third kappa shape index (κ3) is 4.26. The lowest BCUT2D eigenvalue weighted by atomic mass is 9.82. The molecule has 1 aromatic carbocycles. The normalized spacial score (nSPS) is 21.0. The molecule has 2 aromatic rings. The van der Waals surface area contributed by atoms with E-state index in [-0.39, 0.29) is 12.0 Å². The zero-order valence-corrected chi connectivity index (χ0v) is 16.9. The van der Waals surface area contributed by atoms with Crippen LogP contribution in [0, 0.1) is 11.3 Å². The molecule has 1 aliphatic carbocycles. The molecule has 1 aromatic heterocycles. The van der Waals surface area contributed by atoms with E-state index in [2.05, 4.69) is 21.8 Å². The second-order valence-electron chi connectivity index (χ2n) is 8.27. The SMILES string of the molecule is CC(C)(C)S(=O)(=O)NC1CCC(c2cc(-c3ccccc3)[nH]c2C#N)CC1. The number of nitrogens with one attached hydrogen (secondary N) is 2. The van der Waals surface area contributed by atoms with Gasteiger partial charge in [-0.2, -0.15) is 5.26 Å².